The molecule has 1 aromatic rings. The number of hydrogen-bond acceptors (Lipinski definition) is 2. The van der Waals surface area contributed by atoms with Crippen LogP contribution in [0.5, 0.6) is 0 Å². The lowest BCUT2D eigenvalue weighted by molar-refractivity contribution is 0.0457. The van der Waals surface area contributed by atoms with E-state index < -0.39 is 0 Å². The molecule has 0 aliphatic carbocycles. The highest BCUT2D eigenvalue weighted by Crippen LogP contribution is 2.18. The third-order valence-electron chi connectivity index (χ3n) is 1.56. The maximum absolute atomic E-state index is 13.1. The normalized spacial score (nSPS) is 10.4. The topological polar surface area (TPSA) is 21.3 Å². The van der Waals surface area contributed by atoms with Gasteiger partial charge in [0.1, 0.15) is 5.82 Å². The van der Waals surface area contributed by atoms with Crippen LogP contribution in [0.2, 0.25) is 5.02 Å². The quantitative estimate of drug-likeness (QED) is 0.600. The predicted octanol–water partition coefficient (Wildman–Crippen LogP) is 2.52. The Hall–Kier alpha value is -0.640. The lowest BCUT2D eigenvalue weighted by Gasteiger charge is -2.06. The zero-order valence-corrected chi connectivity index (χ0v) is 8.07. The van der Waals surface area contributed by atoms with Crippen molar-refractivity contribution in [2.45, 2.75) is 13.5 Å². The van der Waals surface area contributed by atoms with Crippen molar-refractivity contribution in [3.8, 4) is 0 Å². The molecule has 72 valence electrons. The fourth-order valence-electron chi connectivity index (χ4n) is 0.926. The van der Waals surface area contributed by atoms with Crippen LogP contribution in [0.1, 0.15) is 12.5 Å². The van der Waals surface area contributed by atoms with Gasteiger partial charge in [0.15, 0.2) is 0 Å². The van der Waals surface area contributed by atoms with Gasteiger partial charge in [-0.15, -0.1) is 0 Å². The zero-order valence-electron chi connectivity index (χ0n) is 7.31. The number of halogens is 2. The van der Waals surface area contributed by atoms with E-state index in [2.05, 4.69) is 5.48 Å². The number of hydroxylamine groups is 1. The van der Waals surface area contributed by atoms with Crippen LogP contribution in [0.15, 0.2) is 18.2 Å². The van der Waals surface area contributed by atoms with Gasteiger partial charge < -0.3 is 4.84 Å². The number of rotatable bonds is 4. The first kappa shape index (κ1) is 10.4. The Kier molecular flexibility index (Phi) is 4.15. The van der Waals surface area contributed by atoms with E-state index in [1.807, 2.05) is 6.92 Å². The van der Waals surface area contributed by atoms with E-state index in [1.54, 1.807) is 12.1 Å². The molecule has 2 nitrogen and oxygen atoms in total. The molecule has 0 spiro atoms. The smallest absolute Gasteiger partial charge is 0.129 e. The Balaban J connectivity index is 2.64. The van der Waals surface area contributed by atoms with Gasteiger partial charge in [-0.2, -0.15) is 5.48 Å². The van der Waals surface area contributed by atoms with E-state index in [1.165, 1.54) is 6.07 Å². The summed E-state index contributed by atoms with van der Waals surface area (Å²) in [4.78, 5) is 4.87. The molecule has 0 aliphatic heterocycles. The van der Waals surface area contributed by atoms with Crippen LogP contribution in [-0.2, 0) is 11.4 Å². The lowest BCUT2D eigenvalue weighted by Crippen LogP contribution is -2.14. The minimum atomic E-state index is -0.320. The van der Waals surface area contributed by atoms with Crippen molar-refractivity contribution < 1.29 is 9.23 Å². The molecule has 0 aromatic heterocycles. The summed E-state index contributed by atoms with van der Waals surface area (Å²) in [6.45, 7) is 2.65. The monoisotopic (exact) mass is 203 g/mol. The largest absolute Gasteiger partial charge is 0.302 e. The summed E-state index contributed by atoms with van der Waals surface area (Å²) in [5.74, 6) is -0.320. The molecule has 1 aromatic carbocycles. The van der Waals surface area contributed by atoms with Crippen molar-refractivity contribution in [3.63, 3.8) is 0 Å². The minimum Gasteiger partial charge on any atom is -0.302 e. The fraction of sp³-hybridized carbons (Fsp3) is 0.333. The summed E-state index contributed by atoms with van der Waals surface area (Å²) in [6.07, 6.45) is 0. The summed E-state index contributed by atoms with van der Waals surface area (Å²) < 4.78 is 13.1. The van der Waals surface area contributed by atoms with Crippen molar-refractivity contribution in [3.05, 3.63) is 34.6 Å². The average Bonchev–Trinajstić information content (AvgIpc) is 2.10. The summed E-state index contributed by atoms with van der Waals surface area (Å²) in [6, 6.07) is 4.59. The van der Waals surface area contributed by atoms with Gasteiger partial charge >= 0.3 is 0 Å². The molecule has 0 unspecified atom stereocenters. The van der Waals surface area contributed by atoms with E-state index in [0.29, 0.717) is 17.2 Å². The van der Waals surface area contributed by atoms with Crippen LogP contribution in [0.4, 0.5) is 4.39 Å². The van der Waals surface area contributed by atoms with Gasteiger partial charge in [-0.25, -0.2) is 4.39 Å². The van der Waals surface area contributed by atoms with Crippen molar-refractivity contribution in [1.29, 1.82) is 0 Å². The van der Waals surface area contributed by atoms with E-state index in [4.69, 9.17) is 16.4 Å². The minimum absolute atomic E-state index is 0.277. The molecule has 4 heteroatoms. The van der Waals surface area contributed by atoms with E-state index in [0.717, 1.165) is 0 Å². The highest BCUT2D eigenvalue weighted by molar-refractivity contribution is 6.31. The van der Waals surface area contributed by atoms with Crippen LogP contribution < -0.4 is 5.48 Å². The third kappa shape index (κ3) is 2.95. The molecule has 1 rings (SSSR count). The van der Waals surface area contributed by atoms with Gasteiger partial charge in [0.25, 0.3) is 0 Å². The SMILES string of the molecule is CCONCc1c(F)cccc1Cl. The first-order chi connectivity index (χ1) is 6.25. The van der Waals surface area contributed by atoms with Gasteiger partial charge in [-0.05, 0) is 19.1 Å². The number of benzene rings is 1. The van der Waals surface area contributed by atoms with Crippen LogP contribution in [0.25, 0.3) is 0 Å². The maximum Gasteiger partial charge on any atom is 0.129 e. The molecule has 0 bridgehead atoms. The Morgan fingerprint density at radius 3 is 2.92 bits per heavy atom. The van der Waals surface area contributed by atoms with Gasteiger partial charge in [0.2, 0.25) is 0 Å². The van der Waals surface area contributed by atoms with Crippen molar-refractivity contribution in [1.82, 2.24) is 5.48 Å². The van der Waals surface area contributed by atoms with Crippen LogP contribution in [-0.4, -0.2) is 6.61 Å². The molecule has 0 radical (unpaired) electrons. The average molecular weight is 204 g/mol. The summed E-state index contributed by atoms with van der Waals surface area (Å²) in [5, 5.41) is 0.409. The fourth-order valence-corrected chi connectivity index (χ4v) is 1.16. The number of nitrogens with one attached hydrogen (secondary N) is 1. The summed E-state index contributed by atoms with van der Waals surface area (Å²) in [7, 11) is 0. The van der Waals surface area contributed by atoms with Crippen LogP contribution in [0.3, 0.4) is 0 Å². The van der Waals surface area contributed by atoms with Crippen molar-refractivity contribution in [2.75, 3.05) is 6.61 Å². The molecular formula is C9H11ClFNO. The van der Waals surface area contributed by atoms with Gasteiger partial charge in [-0.3, -0.25) is 0 Å². The highest BCUT2D eigenvalue weighted by Gasteiger charge is 2.05. The molecule has 0 saturated heterocycles. The lowest BCUT2D eigenvalue weighted by atomic mass is 10.2. The van der Waals surface area contributed by atoms with Gasteiger partial charge in [0, 0.05) is 10.6 Å². The first-order valence-electron chi connectivity index (χ1n) is 4.03. The Morgan fingerprint density at radius 1 is 1.54 bits per heavy atom. The second kappa shape index (κ2) is 5.17. The Morgan fingerprint density at radius 2 is 2.31 bits per heavy atom. The highest BCUT2D eigenvalue weighted by atomic mass is 35.5. The molecule has 0 fully saturated rings. The van der Waals surface area contributed by atoms with Gasteiger partial charge in [-0.1, -0.05) is 17.7 Å². The van der Waals surface area contributed by atoms with E-state index in [9.17, 15) is 4.39 Å². The summed E-state index contributed by atoms with van der Waals surface area (Å²) in [5.41, 5.74) is 3.04. The summed E-state index contributed by atoms with van der Waals surface area (Å²) >= 11 is 5.77. The molecule has 0 amide bonds. The van der Waals surface area contributed by atoms with Gasteiger partial charge in [0.05, 0.1) is 13.2 Å². The standard InChI is InChI=1S/C9H11ClFNO/c1-2-13-12-6-7-8(10)4-3-5-9(7)11/h3-5,12H,2,6H2,1H3. The predicted molar refractivity (Wildman–Crippen MR) is 49.9 cm³/mol. The van der Waals surface area contributed by atoms with E-state index in [-0.39, 0.29) is 12.4 Å². The molecule has 0 saturated carbocycles. The van der Waals surface area contributed by atoms with Crippen LogP contribution >= 0.6 is 11.6 Å². The maximum atomic E-state index is 13.1. The molecule has 0 heterocycles. The number of hydrogen-bond donors (Lipinski definition) is 1. The second-order valence-electron chi connectivity index (χ2n) is 2.45. The van der Waals surface area contributed by atoms with E-state index >= 15 is 0 Å². The van der Waals surface area contributed by atoms with Crippen LogP contribution in [0, 0.1) is 5.82 Å². The Bertz CT molecular complexity index is 260. The molecule has 1 N–H and O–H groups in total. The third-order valence-corrected chi connectivity index (χ3v) is 1.91. The Labute approximate surface area is 81.6 Å². The molecule has 13 heavy (non-hydrogen) atoms. The first-order valence-corrected chi connectivity index (χ1v) is 4.41. The molecular weight excluding hydrogens is 193 g/mol. The second-order valence-corrected chi connectivity index (χ2v) is 2.86. The molecule has 0 aliphatic rings. The van der Waals surface area contributed by atoms with Crippen molar-refractivity contribution in [2.24, 2.45) is 0 Å². The zero-order chi connectivity index (χ0) is 9.68. The van der Waals surface area contributed by atoms with Crippen molar-refractivity contribution >= 4 is 11.6 Å². The molecule has 0 atom stereocenters.